The second-order valence-corrected chi connectivity index (χ2v) is 5.56. The van der Waals surface area contributed by atoms with Crippen molar-refractivity contribution in [1.29, 1.82) is 0 Å². The van der Waals surface area contributed by atoms with E-state index in [4.69, 9.17) is 5.11 Å². The first-order valence-corrected chi connectivity index (χ1v) is 6.22. The van der Waals surface area contributed by atoms with Crippen molar-refractivity contribution in [2.24, 2.45) is 5.41 Å². The summed E-state index contributed by atoms with van der Waals surface area (Å²) in [5.74, 6) is -1.26. The standard InChI is InChI=1S/C14H20N2O3/c1-14(2,3)12(13(18)19)16-11(17)5-4-10-6-8-15-9-7-10/h6-9,12H,4-5H2,1-3H3,(H,16,17)(H,18,19)/t12-/m1/s1. The van der Waals surface area contributed by atoms with Crippen molar-refractivity contribution in [3.05, 3.63) is 30.1 Å². The van der Waals surface area contributed by atoms with E-state index in [-0.39, 0.29) is 12.3 Å². The minimum Gasteiger partial charge on any atom is -0.480 e. The SMILES string of the molecule is CC(C)(C)[C@H](NC(=O)CCc1ccncc1)C(=O)O. The first-order valence-electron chi connectivity index (χ1n) is 6.22. The average Bonchev–Trinajstić information content (AvgIpc) is 2.33. The van der Waals surface area contributed by atoms with Gasteiger partial charge in [0.2, 0.25) is 5.91 Å². The van der Waals surface area contributed by atoms with Gasteiger partial charge in [0, 0.05) is 18.8 Å². The van der Waals surface area contributed by atoms with Gasteiger partial charge in [-0.25, -0.2) is 4.79 Å². The number of pyridine rings is 1. The quantitative estimate of drug-likeness (QED) is 0.847. The van der Waals surface area contributed by atoms with Crippen LogP contribution in [0.5, 0.6) is 0 Å². The second-order valence-electron chi connectivity index (χ2n) is 5.56. The molecule has 0 unspecified atom stereocenters. The van der Waals surface area contributed by atoms with Crippen molar-refractivity contribution in [2.45, 2.75) is 39.7 Å². The maximum atomic E-state index is 11.8. The number of nitrogens with one attached hydrogen (secondary N) is 1. The molecule has 1 aromatic rings. The van der Waals surface area contributed by atoms with Crippen LogP contribution in [0.1, 0.15) is 32.8 Å². The number of nitrogens with zero attached hydrogens (tertiary/aromatic N) is 1. The molecular weight excluding hydrogens is 244 g/mol. The first kappa shape index (κ1) is 15.1. The molecule has 0 fully saturated rings. The van der Waals surface area contributed by atoms with Crippen molar-refractivity contribution in [1.82, 2.24) is 10.3 Å². The van der Waals surface area contributed by atoms with Crippen LogP contribution in [0.3, 0.4) is 0 Å². The molecule has 0 aliphatic heterocycles. The van der Waals surface area contributed by atoms with Crippen LogP contribution in [0.2, 0.25) is 0 Å². The van der Waals surface area contributed by atoms with Gasteiger partial charge in [-0.2, -0.15) is 0 Å². The topological polar surface area (TPSA) is 79.3 Å². The third-order valence-corrected chi connectivity index (χ3v) is 2.81. The van der Waals surface area contributed by atoms with Crippen LogP contribution in [0, 0.1) is 5.41 Å². The molecule has 1 aromatic heterocycles. The Morgan fingerprint density at radius 3 is 2.37 bits per heavy atom. The molecule has 0 saturated heterocycles. The van der Waals surface area contributed by atoms with E-state index < -0.39 is 17.4 Å². The van der Waals surface area contributed by atoms with E-state index in [0.717, 1.165) is 5.56 Å². The number of hydrogen-bond acceptors (Lipinski definition) is 3. The summed E-state index contributed by atoms with van der Waals surface area (Å²) in [6.45, 7) is 5.36. The highest BCUT2D eigenvalue weighted by molar-refractivity contribution is 5.84. The number of hydrogen-bond donors (Lipinski definition) is 2. The molecule has 1 amide bonds. The van der Waals surface area contributed by atoms with Gasteiger partial charge in [0.25, 0.3) is 0 Å². The smallest absolute Gasteiger partial charge is 0.326 e. The number of carbonyl (C=O) groups is 2. The molecule has 0 spiro atoms. The van der Waals surface area contributed by atoms with Crippen LogP contribution in [0.15, 0.2) is 24.5 Å². The summed E-state index contributed by atoms with van der Waals surface area (Å²) in [5.41, 5.74) is 0.491. The van der Waals surface area contributed by atoms with Gasteiger partial charge in [0.15, 0.2) is 0 Å². The molecule has 0 saturated carbocycles. The minimum atomic E-state index is -1.01. The van der Waals surface area contributed by atoms with Gasteiger partial charge in [-0.1, -0.05) is 20.8 Å². The Kier molecular flexibility index (Phi) is 5.03. The van der Waals surface area contributed by atoms with Crippen molar-refractivity contribution in [3.63, 3.8) is 0 Å². The molecule has 2 N–H and O–H groups in total. The Bertz CT molecular complexity index is 438. The van der Waals surface area contributed by atoms with Crippen LogP contribution in [0.4, 0.5) is 0 Å². The monoisotopic (exact) mass is 264 g/mol. The lowest BCUT2D eigenvalue weighted by Crippen LogP contribution is -2.49. The highest BCUT2D eigenvalue weighted by Gasteiger charge is 2.32. The molecule has 1 rings (SSSR count). The van der Waals surface area contributed by atoms with E-state index >= 15 is 0 Å². The Hall–Kier alpha value is -1.91. The number of carboxylic acids is 1. The summed E-state index contributed by atoms with van der Waals surface area (Å²) in [6, 6.07) is 2.80. The Labute approximate surface area is 113 Å². The number of carboxylic acid groups (broad SMARTS) is 1. The number of aromatic nitrogens is 1. The van der Waals surface area contributed by atoms with Crippen LogP contribution >= 0.6 is 0 Å². The largest absolute Gasteiger partial charge is 0.480 e. The summed E-state index contributed by atoms with van der Waals surface area (Å²) in [7, 11) is 0. The summed E-state index contributed by atoms with van der Waals surface area (Å²) in [4.78, 5) is 26.8. The van der Waals surface area contributed by atoms with Gasteiger partial charge >= 0.3 is 5.97 Å². The maximum absolute atomic E-state index is 11.8. The van der Waals surface area contributed by atoms with Gasteiger partial charge in [0.05, 0.1) is 0 Å². The third kappa shape index (κ3) is 5.07. The lowest BCUT2D eigenvalue weighted by Gasteiger charge is -2.27. The molecule has 1 atom stereocenters. The highest BCUT2D eigenvalue weighted by atomic mass is 16.4. The average molecular weight is 264 g/mol. The third-order valence-electron chi connectivity index (χ3n) is 2.81. The van der Waals surface area contributed by atoms with E-state index in [2.05, 4.69) is 10.3 Å². The number of rotatable bonds is 5. The second kappa shape index (κ2) is 6.31. The fourth-order valence-electron chi connectivity index (χ4n) is 1.69. The fraction of sp³-hybridized carbons (Fsp3) is 0.500. The number of aryl methyl sites for hydroxylation is 1. The summed E-state index contributed by atoms with van der Waals surface area (Å²) in [6.07, 6.45) is 4.18. The highest BCUT2D eigenvalue weighted by Crippen LogP contribution is 2.19. The predicted molar refractivity (Wildman–Crippen MR) is 71.6 cm³/mol. The normalized spacial score (nSPS) is 12.8. The zero-order valence-electron chi connectivity index (χ0n) is 11.5. The van der Waals surface area contributed by atoms with Gasteiger partial charge in [-0.05, 0) is 29.5 Å². The molecule has 0 aliphatic carbocycles. The molecule has 0 aliphatic rings. The van der Waals surface area contributed by atoms with Gasteiger partial charge in [0.1, 0.15) is 6.04 Å². The van der Waals surface area contributed by atoms with Crippen molar-refractivity contribution >= 4 is 11.9 Å². The van der Waals surface area contributed by atoms with Crippen LogP contribution in [-0.4, -0.2) is 28.0 Å². The molecule has 0 bridgehead atoms. The van der Waals surface area contributed by atoms with Crippen molar-refractivity contribution in [3.8, 4) is 0 Å². The van der Waals surface area contributed by atoms with Crippen LogP contribution < -0.4 is 5.32 Å². The lowest BCUT2D eigenvalue weighted by atomic mass is 9.86. The van der Waals surface area contributed by atoms with E-state index in [1.807, 2.05) is 12.1 Å². The maximum Gasteiger partial charge on any atom is 0.326 e. The zero-order chi connectivity index (χ0) is 14.5. The van der Waals surface area contributed by atoms with E-state index in [9.17, 15) is 9.59 Å². The van der Waals surface area contributed by atoms with Crippen molar-refractivity contribution < 1.29 is 14.7 Å². The summed E-state index contributed by atoms with van der Waals surface area (Å²) < 4.78 is 0. The Morgan fingerprint density at radius 1 is 1.32 bits per heavy atom. The predicted octanol–water partition coefficient (Wildman–Crippen LogP) is 1.63. The summed E-state index contributed by atoms with van der Waals surface area (Å²) in [5, 5.41) is 11.7. The van der Waals surface area contributed by atoms with Gasteiger partial charge < -0.3 is 10.4 Å². The minimum absolute atomic E-state index is 0.251. The Balaban J connectivity index is 2.52. The molecule has 5 heteroatoms. The van der Waals surface area contributed by atoms with E-state index in [0.29, 0.717) is 6.42 Å². The lowest BCUT2D eigenvalue weighted by molar-refractivity contribution is -0.144. The number of carbonyl (C=O) groups excluding carboxylic acids is 1. The molecule has 0 radical (unpaired) electrons. The molecule has 1 heterocycles. The fourth-order valence-corrected chi connectivity index (χ4v) is 1.69. The molecule has 19 heavy (non-hydrogen) atoms. The zero-order valence-corrected chi connectivity index (χ0v) is 11.5. The van der Waals surface area contributed by atoms with Gasteiger partial charge in [-0.15, -0.1) is 0 Å². The summed E-state index contributed by atoms with van der Waals surface area (Å²) >= 11 is 0. The molecule has 0 aromatic carbocycles. The Morgan fingerprint density at radius 2 is 1.89 bits per heavy atom. The first-order chi connectivity index (χ1) is 8.80. The van der Waals surface area contributed by atoms with E-state index in [1.54, 1.807) is 33.2 Å². The number of aliphatic carboxylic acids is 1. The number of amides is 1. The molecule has 5 nitrogen and oxygen atoms in total. The molecule has 104 valence electrons. The van der Waals surface area contributed by atoms with Crippen LogP contribution in [-0.2, 0) is 16.0 Å². The molecular formula is C14H20N2O3. The van der Waals surface area contributed by atoms with Crippen molar-refractivity contribution in [2.75, 3.05) is 0 Å². The van der Waals surface area contributed by atoms with E-state index in [1.165, 1.54) is 0 Å². The van der Waals surface area contributed by atoms with Gasteiger partial charge in [-0.3, -0.25) is 9.78 Å². The van der Waals surface area contributed by atoms with Crippen LogP contribution in [0.25, 0.3) is 0 Å².